The summed E-state index contributed by atoms with van der Waals surface area (Å²) in [7, 11) is 0. The predicted octanol–water partition coefficient (Wildman–Crippen LogP) is 2.76. The molecule has 0 fully saturated rings. The van der Waals surface area contributed by atoms with E-state index in [0.29, 0.717) is 22.1 Å². The molecule has 0 aliphatic heterocycles. The minimum absolute atomic E-state index is 0.345. The number of halogens is 2. The Labute approximate surface area is 91.1 Å². The maximum absolute atomic E-state index is 13.0. The van der Waals surface area contributed by atoms with Gasteiger partial charge in [0.25, 0.3) is 0 Å². The third kappa shape index (κ3) is 1.68. The van der Waals surface area contributed by atoms with Crippen LogP contribution in [-0.2, 0) is 0 Å². The van der Waals surface area contributed by atoms with Crippen molar-refractivity contribution in [1.29, 1.82) is 0 Å². The molecule has 5 heteroatoms. The van der Waals surface area contributed by atoms with Crippen LogP contribution in [0.1, 0.15) is 5.56 Å². The number of hydrogen-bond acceptors (Lipinski definition) is 2. The summed E-state index contributed by atoms with van der Waals surface area (Å²) in [6, 6.07) is 4.16. The van der Waals surface area contributed by atoms with Crippen molar-refractivity contribution < 1.29 is 4.39 Å². The molecule has 0 aliphatic carbocycles. The topological polar surface area (TPSA) is 54.7 Å². The molecule has 78 valence electrons. The first kappa shape index (κ1) is 9.98. The van der Waals surface area contributed by atoms with Gasteiger partial charge in [-0.25, -0.2) is 4.39 Å². The van der Waals surface area contributed by atoms with Crippen molar-refractivity contribution in [2.75, 3.05) is 5.73 Å². The van der Waals surface area contributed by atoms with E-state index in [0.717, 1.165) is 5.56 Å². The van der Waals surface area contributed by atoms with Crippen LogP contribution in [0.4, 0.5) is 10.2 Å². The lowest BCUT2D eigenvalue weighted by atomic mass is 10.1. The number of nitrogen functional groups attached to an aromatic ring is 1. The SMILES string of the molecule is Cc1c(N)n[nH]c1-c1cc(F)ccc1Cl. The minimum atomic E-state index is -0.345. The van der Waals surface area contributed by atoms with E-state index in [4.69, 9.17) is 17.3 Å². The van der Waals surface area contributed by atoms with E-state index >= 15 is 0 Å². The number of nitrogens with zero attached hydrogens (tertiary/aromatic N) is 1. The molecular formula is C10H9ClFN3. The van der Waals surface area contributed by atoms with Crippen molar-refractivity contribution in [3.63, 3.8) is 0 Å². The Morgan fingerprint density at radius 3 is 2.80 bits per heavy atom. The van der Waals surface area contributed by atoms with E-state index in [2.05, 4.69) is 10.2 Å². The second kappa shape index (κ2) is 3.55. The standard InChI is InChI=1S/C10H9ClFN3/c1-5-9(14-15-10(5)13)7-4-6(12)2-3-8(7)11/h2-4H,1H3,(H3,13,14,15). The molecule has 0 unspecified atom stereocenters. The summed E-state index contributed by atoms with van der Waals surface area (Å²) >= 11 is 5.96. The Morgan fingerprint density at radius 2 is 2.20 bits per heavy atom. The molecule has 0 saturated heterocycles. The van der Waals surface area contributed by atoms with E-state index in [9.17, 15) is 4.39 Å². The van der Waals surface area contributed by atoms with Gasteiger partial charge in [0, 0.05) is 11.1 Å². The molecule has 0 radical (unpaired) electrons. The number of nitrogens with two attached hydrogens (primary N) is 1. The fourth-order valence-electron chi connectivity index (χ4n) is 1.36. The summed E-state index contributed by atoms with van der Waals surface area (Å²) in [5.41, 5.74) is 7.57. The van der Waals surface area contributed by atoms with Crippen LogP contribution in [0, 0.1) is 12.7 Å². The van der Waals surface area contributed by atoms with Gasteiger partial charge in [0.15, 0.2) is 0 Å². The van der Waals surface area contributed by atoms with Crippen LogP contribution in [0.3, 0.4) is 0 Å². The highest BCUT2D eigenvalue weighted by Crippen LogP contribution is 2.30. The molecule has 3 N–H and O–H groups in total. The normalized spacial score (nSPS) is 10.6. The number of anilines is 1. The molecular weight excluding hydrogens is 217 g/mol. The maximum atomic E-state index is 13.0. The lowest BCUT2D eigenvalue weighted by Gasteiger charge is -2.02. The minimum Gasteiger partial charge on any atom is -0.382 e. The lowest BCUT2D eigenvalue weighted by Crippen LogP contribution is -1.87. The van der Waals surface area contributed by atoms with Gasteiger partial charge in [-0.05, 0) is 25.1 Å². The number of aromatic nitrogens is 2. The van der Waals surface area contributed by atoms with Crippen molar-refractivity contribution in [3.05, 3.63) is 34.6 Å². The van der Waals surface area contributed by atoms with Crippen LogP contribution >= 0.6 is 11.6 Å². The van der Waals surface area contributed by atoms with E-state index in [1.165, 1.54) is 18.2 Å². The molecule has 1 heterocycles. The van der Waals surface area contributed by atoms with Crippen LogP contribution in [-0.4, -0.2) is 10.2 Å². The smallest absolute Gasteiger partial charge is 0.148 e. The third-order valence-electron chi connectivity index (χ3n) is 2.25. The van der Waals surface area contributed by atoms with Crippen molar-refractivity contribution in [2.24, 2.45) is 0 Å². The number of aromatic amines is 1. The maximum Gasteiger partial charge on any atom is 0.148 e. The average molecular weight is 226 g/mol. The number of benzene rings is 1. The summed E-state index contributed by atoms with van der Waals surface area (Å²) < 4.78 is 13.0. The van der Waals surface area contributed by atoms with Gasteiger partial charge in [0.1, 0.15) is 11.6 Å². The molecule has 0 saturated carbocycles. The molecule has 0 atom stereocenters. The van der Waals surface area contributed by atoms with Gasteiger partial charge in [-0.1, -0.05) is 11.6 Å². The van der Waals surface area contributed by atoms with E-state index in [1.807, 2.05) is 0 Å². The molecule has 1 aromatic heterocycles. The summed E-state index contributed by atoms with van der Waals surface area (Å²) in [6.45, 7) is 1.80. The molecule has 15 heavy (non-hydrogen) atoms. The Hall–Kier alpha value is -1.55. The second-order valence-corrected chi connectivity index (χ2v) is 3.64. The first-order valence-electron chi connectivity index (χ1n) is 4.35. The number of hydrogen-bond donors (Lipinski definition) is 2. The number of rotatable bonds is 1. The molecule has 0 bridgehead atoms. The number of nitrogens with one attached hydrogen (secondary N) is 1. The Morgan fingerprint density at radius 1 is 1.47 bits per heavy atom. The summed E-state index contributed by atoms with van der Waals surface area (Å²) in [5, 5.41) is 7.03. The van der Waals surface area contributed by atoms with Gasteiger partial charge in [-0.3, -0.25) is 5.10 Å². The first-order chi connectivity index (χ1) is 7.09. The molecule has 2 aromatic rings. The zero-order valence-corrected chi connectivity index (χ0v) is 8.77. The molecule has 2 rings (SSSR count). The quantitative estimate of drug-likeness (QED) is 0.784. The van der Waals surface area contributed by atoms with Gasteiger partial charge >= 0.3 is 0 Å². The Balaban J connectivity index is 2.63. The Kier molecular flexibility index (Phi) is 2.36. The zero-order valence-electron chi connectivity index (χ0n) is 8.01. The van der Waals surface area contributed by atoms with Crippen LogP contribution in [0.25, 0.3) is 11.3 Å². The molecule has 0 amide bonds. The molecule has 0 aliphatic rings. The highest BCUT2D eigenvalue weighted by molar-refractivity contribution is 6.33. The summed E-state index contributed by atoms with van der Waals surface area (Å²) in [4.78, 5) is 0. The van der Waals surface area contributed by atoms with Gasteiger partial charge in [0.2, 0.25) is 0 Å². The first-order valence-corrected chi connectivity index (χ1v) is 4.73. The van der Waals surface area contributed by atoms with Crippen LogP contribution in [0.15, 0.2) is 18.2 Å². The predicted molar refractivity (Wildman–Crippen MR) is 58.1 cm³/mol. The third-order valence-corrected chi connectivity index (χ3v) is 2.57. The van der Waals surface area contributed by atoms with Gasteiger partial charge < -0.3 is 5.73 Å². The Bertz CT molecular complexity index is 507. The second-order valence-electron chi connectivity index (χ2n) is 3.23. The van der Waals surface area contributed by atoms with Crippen molar-refractivity contribution in [1.82, 2.24) is 10.2 Å². The van der Waals surface area contributed by atoms with Gasteiger partial charge in [-0.15, -0.1) is 0 Å². The highest BCUT2D eigenvalue weighted by Gasteiger charge is 2.12. The van der Waals surface area contributed by atoms with Crippen LogP contribution < -0.4 is 5.73 Å². The van der Waals surface area contributed by atoms with E-state index in [1.54, 1.807) is 6.92 Å². The molecule has 0 spiro atoms. The molecule has 1 aromatic carbocycles. The van der Waals surface area contributed by atoms with E-state index in [-0.39, 0.29) is 5.82 Å². The fraction of sp³-hybridized carbons (Fsp3) is 0.100. The van der Waals surface area contributed by atoms with Crippen molar-refractivity contribution in [3.8, 4) is 11.3 Å². The van der Waals surface area contributed by atoms with E-state index < -0.39 is 0 Å². The van der Waals surface area contributed by atoms with Gasteiger partial charge in [0.05, 0.1) is 10.7 Å². The zero-order chi connectivity index (χ0) is 11.0. The highest BCUT2D eigenvalue weighted by atomic mass is 35.5. The van der Waals surface area contributed by atoms with Crippen molar-refractivity contribution in [2.45, 2.75) is 6.92 Å². The number of H-pyrrole nitrogens is 1. The monoisotopic (exact) mass is 225 g/mol. The average Bonchev–Trinajstić information content (AvgIpc) is 2.52. The molecule has 3 nitrogen and oxygen atoms in total. The largest absolute Gasteiger partial charge is 0.382 e. The fourth-order valence-corrected chi connectivity index (χ4v) is 1.58. The summed E-state index contributed by atoms with van der Waals surface area (Å²) in [6.07, 6.45) is 0. The van der Waals surface area contributed by atoms with Gasteiger partial charge in [-0.2, -0.15) is 5.10 Å². The van der Waals surface area contributed by atoms with Crippen LogP contribution in [0.2, 0.25) is 5.02 Å². The van der Waals surface area contributed by atoms with Crippen molar-refractivity contribution >= 4 is 17.4 Å². The van der Waals surface area contributed by atoms with Crippen LogP contribution in [0.5, 0.6) is 0 Å². The summed E-state index contributed by atoms with van der Waals surface area (Å²) in [5.74, 6) is 0.0484. The lowest BCUT2D eigenvalue weighted by molar-refractivity contribution is 0.628.